The molecule has 1 atom stereocenters. The van der Waals surface area contributed by atoms with E-state index in [0.29, 0.717) is 12.0 Å². The van der Waals surface area contributed by atoms with Crippen LogP contribution in [0.1, 0.15) is 50.3 Å². The van der Waals surface area contributed by atoms with Gasteiger partial charge in [0.05, 0.1) is 0 Å². The normalized spacial score (nSPS) is 13.0. The molecule has 1 heteroatoms. The minimum Gasteiger partial charge on any atom is -0.314 e. The van der Waals surface area contributed by atoms with E-state index in [1.165, 1.54) is 36.0 Å². The third kappa shape index (κ3) is 4.45. The van der Waals surface area contributed by atoms with Crippen molar-refractivity contribution in [1.82, 2.24) is 5.32 Å². The van der Waals surface area contributed by atoms with E-state index in [0.717, 1.165) is 6.54 Å². The zero-order chi connectivity index (χ0) is 13.5. The first-order chi connectivity index (χ1) is 8.56. The highest BCUT2D eigenvalue weighted by molar-refractivity contribution is 5.33. The number of hydrogen-bond donors (Lipinski definition) is 1. The summed E-state index contributed by atoms with van der Waals surface area (Å²) in [5, 5.41) is 3.67. The fraction of sp³-hybridized carbons (Fsp3) is 0.647. The van der Waals surface area contributed by atoms with Crippen molar-refractivity contribution in [2.75, 3.05) is 6.54 Å². The Kier molecular flexibility index (Phi) is 6.42. The Morgan fingerprint density at radius 1 is 1.17 bits per heavy atom. The summed E-state index contributed by atoms with van der Waals surface area (Å²) < 4.78 is 0. The number of nitrogens with one attached hydrogen (secondary N) is 1. The molecule has 0 spiro atoms. The van der Waals surface area contributed by atoms with Gasteiger partial charge in [-0.2, -0.15) is 0 Å². The minimum atomic E-state index is 0.643. The first-order valence-corrected chi connectivity index (χ1v) is 7.34. The molecule has 18 heavy (non-hydrogen) atoms. The summed E-state index contributed by atoms with van der Waals surface area (Å²) in [6.07, 6.45) is 3.64. The zero-order valence-corrected chi connectivity index (χ0v) is 12.7. The average molecular weight is 247 g/mol. The molecule has 0 aliphatic rings. The van der Waals surface area contributed by atoms with Crippen LogP contribution in [0.4, 0.5) is 0 Å². The van der Waals surface area contributed by atoms with Crippen LogP contribution in [0.2, 0.25) is 0 Å². The average Bonchev–Trinajstić information content (AvgIpc) is 2.33. The van der Waals surface area contributed by atoms with Gasteiger partial charge in [0.2, 0.25) is 0 Å². The largest absolute Gasteiger partial charge is 0.314 e. The first-order valence-electron chi connectivity index (χ1n) is 7.34. The molecule has 1 rings (SSSR count). The summed E-state index contributed by atoms with van der Waals surface area (Å²) >= 11 is 0. The van der Waals surface area contributed by atoms with E-state index < -0.39 is 0 Å². The number of aryl methyl sites for hydroxylation is 2. The van der Waals surface area contributed by atoms with Crippen LogP contribution in [0.15, 0.2) is 18.2 Å². The molecule has 0 saturated heterocycles. The smallest absolute Gasteiger partial charge is 0.00932 e. The molecule has 0 heterocycles. The highest BCUT2D eigenvalue weighted by Gasteiger charge is 2.12. The van der Waals surface area contributed by atoms with Crippen LogP contribution in [-0.2, 0) is 6.42 Å². The molecule has 0 aliphatic heterocycles. The summed E-state index contributed by atoms with van der Waals surface area (Å²) in [4.78, 5) is 0. The number of benzene rings is 1. The van der Waals surface area contributed by atoms with Gasteiger partial charge in [-0.3, -0.25) is 0 Å². The highest BCUT2D eigenvalue weighted by Crippen LogP contribution is 2.17. The van der Waals surface area contributed by atoms with Gasteiger partial charge < -0.3 is 5.32 Å². The lowest BCUT2D eigenvalue weighted by Gasteiger charge is -2.23. The molecule has 0 amide bonds. The zero-order valence-electron chi connectivity index (χ0n) is 12.7. The Morgan fingerprint density at radius 2 is 1.89 bits per heavy atom. The summed E-state index contributed by atoms with van der Waals surface area (Å²) in [5.41, 5.74) is 4.39. The first kappa shape index (κ1) is 15.2. The van der Waals surface area contributed by atoms with Crippen molar-refractivity contribution in [1.29, 1.82) is 0 Å². The van der Waals surface area contributed by atoms with E-state index in [-0.39, 0.29) is 0 Å². The van der Waals surface area contributed by atoms with Gasteiger partial charge in [-0.1, -0.05) is 39.0 Å². The Morgan fingerprint density at radius 3 is 2.50 bits per heavy atom. The van der Waals surface area contributed by atoms with Crippen LogP contribution in [0.5, 0.6) is 0 Å². The number of rotatable bonds is 7. The lowest BCUT2D eigenvalue weighted by molar-refractivity contribution is 0.378. The molecule has 0 aromatic heterocycles. The van der Waals surface area contributed by atoms with Crippen molar-refractivity contribution in [2.45, 2.75) is 59.9 Å². The van der Waals surface area contributed by atoms with Gasteiger partial charge in [-0.25, -0.2) is 0 Å². The Labute approximate surface area is 113 Å². The predicted molar refractivity (Wildman–Crippen MR) is 81.2 cm³/mol. The topological polar surface area (TPSA) is 12.0 Å². The predicted octanol–water partition coefficient (Wildman–Crippen LogP) is 4.26. The van der Waals surface area contributed by atoms with E-state index in [1.54, 1.807) is 0 Å². The molecule has 0 bridgehead atoms. The van der Waals surface area contributed by atoms with Crippen LogP contribution >= 0.6 is 0 Å². The SMILES string of the molecule is CCCNC(CCc1cccc(C)c1C)C(C)C. The monoisotopic (exact) mass is 247 g/mol. The van der Waals surface area contributed by atoms with Crippen LogP contribution in [-0.4, -0.2) is 12.6 Å². The Hall–Kier alpha value is -0.820. The second-order valence-electron chi connectivity index (χ2n) is 5.70. The van der Waals surface area contributed by atoms with E-state index in [2.05, 4.69) is 58.1 Å². The molecule has 1 aromatic carbocycles. The molecular formula is C17H29N. The van der Waals surface area contributed by atoms with Crippen molar-refractivity contribution in [2.24, 2.45) is 5.92 Å². The third-order valence-electron chi connectivity index (χ3n) is 3.90. The van der Waals surface area contributed by atoms with Gasteiger partial charge in [0, 0.05) is 6.04 Å². The maximum atomic E-state index is 3.67. The second-order valence-corrected chi connectivity index (χ2v) is 5.70. The van der Waals surface area contributed by atoms with Crippen molar-refractivity contribution in [3.05, 3.63) is 34.9 Å². The van der Waals surface area contributed by atoms with Crippen LogP contribution in [0, 0.1) is 19.8 Å². The molecule has 0 aliphatic carbocycles. The molecule has 1 nitrogen and oxygen atoms in total. The van der Waals surface area contributed by atoms with E-state index in [1.807, 2.05) is 0 Å². The summed E-state index contributed by atoms with van der Waals surface area (Å²) in [7, 11) is 0. The molecular weight excluding hydrogens is 218 g/mol. The van der Waals surface area contributed by atoms with E-state index >= 15 is 0 Å². The van der Waals surface area contributed by atoms with Crippen molar-refractivity contribution >= 4 is 0 Å². The van der Waals surface area contributed by atoms with Crippen LogP contribution in [0.3, 0.4) is 0 Å². The molecule has 0 saturated carbocycles. The third-order valence-corrected chi connectivity index (χ3v) is 3.90. The van der Waals surface area contributed by atoms with Crippen molar-refractivity contribution in [3.8, 4) is 0 Å². The molecule has 102 valence electrons. The summed E-state index contributed by atoms with van der Waals surface area (Å²) in [5.74, 6) is 0.710. The van der Waals surface area contributed by atoms with E-state index in [9.17, 15) is 0 Å². The summed E-state index contributed by atoms with van der Waals surface area (Å²) in [6, 6.07) is 7.31. The molecule has 1 N–H and O–H groups in total. The molecule has 1 aromatic rings. The van der Waals surface area contributed by atoms with Gasteiger partial charge in [0.25, 0.3) is 0 Å². The lowest BCUT2D eigenvalue weighted by Crippen LogP contribution is -2.34. The minimum absolute atomic E-state index is 0.643. The van der Waals surface area contributed by atoms with Crippen LogP contribution < -0.4 is 5.32 Å². The highest BCUT2D eigenvalue weighted by atomic mass is 14.9. The lowest BCUT2D eigenvalue weighted by atomic mass is 9.93. The molecule has 0 fully saturated rings. The molecule has 1 unspecified atom stereocenters. The summed E-state index contributed by atoms with van der Waals surface area (Å²) in [6.45, 7) is 12.4. The number of hydrogen-bond acceptors (Lipinski definition) is 1. The van der Waals surface area contributed by atoms with Crippen molar-refractivity contribution < 1.29 is 0 Å². The van der Waals surface area contributed by atoms with Gasteiger partial charge in [-0.05, 0) is 62.3 Å². The fourth-order valence-corrected chi connectivity index (χ4v) is 2.39. The maximum Gasteiger partial charge on any atom is 0.00932 e. The quantitative estimate of drug-likeness (QED) is 0.759. The van der Waals surface area contributed by atoms with Gasteiger partial charge in [0.15, 0.2) is 0 Å². The standard InChI is InChI=1S/C17H29N/c1-6-12-18-17(13(2)3)11-10-16-9-7-8-14(4)15(16)5/h7-9,13,17-18H,6,10-12H2,1-5H3. The second kappa shape index (κ2) is 7.58. The molecule has 0 radical (unpaired) electrons. The van der Waals surface area contributed by atoms with Gasteiger partial charge in [-0.15, -0.1) is 0 Å². The van der Waals surface area contributed by atoms with Crippen molar-refractivity contribution in [3.63, 3.8) is 0 Å². The maximum absolute atomic E-state index is 3.67. The Balaban J connectivity index is 2.58. The van der Waals surface area contributed by atoms with E-state index in [4.69, 9.17) is 0 Å². The van der Waals surface area contributed by atoms with Gasteiger partial charge in [0.1, 0.15) is 0 Å². The fourth-order valence-electron chi connectivity index (χ4n) is 2.39. The Bertz CT molecular complexity index is 355. The van der Waals surface area contributed by atoms with Gasteiger partial charge >= 0.3 is 0 Å². The van der Waals surface area contributed by atoms with Crippen LogP contribution in [0.25, 0.3) is 0 Å².